The molecule has 0 saturated carbocycles. The molecule has 0 atom stereocenters. The predicted octanol–water partition coefficient (Wildman–Crippen LogP) is 5.88. The molecule has 4 rings (SSSR count). The molecule has 0 unspecified atom stereocenters. The second kappa shape index (κ2) is 8.10. The zero-order chi connectivity index (χ0) is 23.1. The molecule has 32 heavy (non-hydrogen) atoms. The highest BCUT2D eigenvalue weighted by Crippen LogP contribution is 2.38. The average molecular weight is 449 g/mol. The van der Waals surface area contributed by atoms with E-state index in [2.05, 4.69) is 32.9 Å². The van der Waals surface area contributed by atoms with E-state index in [1.54, 1.807) is 47.4 Å². The fourth-order valence-corrected chi connectivity index (χ4v) is 5.49. The summed E-state index contributed by atoms with van der Waals surface area (Å²) in [5.74, 6) is 0. The Kier molecular flexibility index (Phi) is 5.59. The van der Waals surface area contributed by atoms with E-state index in [-0.39, 0.29) is 16.9 Å². The van der Waals surface area contributed by atoms with Crippen LogP contribution in [-0.2, 0) is 28.4 Å². The summed E-state index contributed by atoms with van der Waals surface area (Å²) in [7, 11) is -4.02. The smallest absolute Gasteiger partial charge is 0.287 e. The van der Waals surface area contributed by atoms with Crippen LogP contribution in [0.2, 0.25) is 0 Å². The Morgan fingerprint density at radius 1 is 0.844 bits per heavy atom. The molecule has 166 valence electrons. The maximum Gasteiger partial charge on any atom is 0.343 e. The maximum absolute atomic E-state index is 13.6. The second-order valence-corrected chi connectivity index (χ2v) is 10.8. The molecule has 1 heterocycles. The highest BCUT2D eigenvalue weighted by Gasteiger charge is 2.42. The zero-order valence-corrected chi connectivity index (χ0v) is 19.7. The monoisotopic (exact) mass is 448 g/mol. The van der Waals surface area contributed by atoms with Crippen molar-refractivity contribution in [3.8, 4) is 0 Å². The maximum atomic E-state index is 13.6. The van der Waals surface area contributed by atoms with E-state index in [0.29, 0.717) is 11.4 Å². The molecule has 0 N–H and O–H groups in total. The third-order valence-corrected chi connectivity index (χ3v) is 7.54. The second-order valence-electron chi connectivity index (χ2n) is 9.08. The van der Waals surface area contributed by atoms with Gasteiger partial charge in [0, 0.05) is 0 Å². The number of amides is 2. The minimum atomic E-state index is -4.02. The van der Waals surface area contributed by atoms with Gasteiger partial charge in [0.05, 0.1) is 17.9 Å². The molecule has 0 fully saturated rings. The van der Waals surface area contributed by atoms with Crippen molar-refractivity contribution in [3.05, 3.63) is 89.5 Å². The number of hydrogen-bond acceptors (Lipinski definition) is 3. The van der Waals surface area contributed by atoms with Gasteiger partial charge in [-0.2, -0.15) is 4.31 Å². The van der Waals surface area contributed by atoms with E-state index in [1.807, 2.05) is 25.1 Å². The van der Waals surface area contributed by atoms with Gasteiger partial charge in [-0.1, -0.05) is 76.2 Å². The normalized spacial score (nSPS) is 15.6. The van der Waals surface area contributed by atoms with Gasteiger partial charge in [-0.3, -0.25) is 4.90 Å². The van der Waals surface area contributed by atoms with E-state index in [4.69, 9.17) is 0 Å². The van der Waals surface area contributed by atoms with Crippen molar-refractivity contribution in [1.29, 1.82) is 0 Å². The van der Waals surface area contributed by atoms with Crippen LogP contribution in [0.15, 0.2) is 77.7 Å². The number of hydrogen-bond donors (Lipinski definition) is 0. The topological polar surface area (TPSA) is 57.7 Å². The van der Waals surface area contributed by atoms with Crippen molar-refractivity contribution < 1.29 is 13.2 Å². The number of anilines is 2. The van der Waals surface area contributed by atoms with Crippen LogP contribution in [0.25, 0.3) is 0 Å². The number of aryl methyl sites for hydroxylation is 1. The van der Waals surface area contributed by atoms with Crippen LogP contribution in [0, 0.1) is 0 Å². The highest BCUT2D eigenvalue weighted by molar-refractivity contribution is 7.94. The van der Waals surface area contributed by atoms with Crippen LogP contribution in [0.1, 0.15) is 44.4 Å². The van der Waals surface area contributed by atoms with Crippen molar-refractivity contribution in [2.45, 2.75) is 51.0 Å². The molecule has 3 aromatic carbocycles. The summed E-state index contributed by atoms with van der Waals surface area (Å²) >= 11 is 0. The number of fused-ring (bicyclic) bond motifs is 1. The molecule has 2 amide bonds. The number of sulfonamides is 1. The molecule has 0 saturated heterocycles. The molecule has 1 aliphatic heterocycles. The highest BCUT2D eigenvalue weighted by atomic mass is 32.2. The van der Waals surface area contributed by atoms with Crippen LogP contribution in [0.4, 0.5) is 16.2 Å². The van der Waals surface area contributed by atoms with E-state index in [0.717, 1.165) is 21.9 Å². The standard InChI is InChI=1S/C26H28N2O3S/c1-5-19-9-8-10-22(17-19)28-25(29)27(23-11-6-7-12-24(23)32(28,30)31)18-20-13-15-21(16-14-20)26(2,3)4/h6-17H,5,18H2,1-4H3. The molecule has 6 heteroatoms. The van der Waals surface area contributed by atoms with Gasteiger partial charge in [-0.25, -0.2) is 13.2 Å². The van der Waals surface area contributed by atoms with Gasteiger partial charge in [0.25, 0.3) is 10.0 Å². The van der Waals surface area contributed by atoms with E-state index in [1.165, 1.54) is 5.56 Å². The molecule has 3 aromatic rings. The van der Waals surface area contributed by atoms with Crippen molar-refractivity contribution >= 4 is 27.4 Å². The number of rotatable bonds is 4. The Bertz CT molecular complexity index is 1260. The van der Waals surface area contributed by atoms with Gasteiger partial charge in [-0.15, -0.1) is 0 Å². The lowest BCUT2D eigenvalue weighted by molar-refractivity contribution is 0.253. The van der Waals surface area contributed by atoms with Gasteiger partial charge in [-0.05, 0) is 52.8 Å². The first-order valence-electron chi connectivity index (χ1n) is 10.8. The minimum Gasteiger partial charge on any atom is -0.287 e. The van der Waals surface area contributed by atoms with Crippen LogP contribution < -0.4 is 9.21 Å². The number of urea groups is 1. The lowest BCUT2D eigenvalue weighted by Gasteiger charge is -2.36. The van der Waals surface area contributed by atoms with Crippen molar-refractivity contribution in [1.82, 2.24) is 0 Å². The minimum absolute atomic E-state index is 0.0290. The molecule has 5 nitrogen and oxygen atoms in total. The molecule has 0 radical (unpaired) electrons. The number of nitrogens with zero attached hydrogens (tertiary/aromatic N) is 2. The third-order valence-electron chi connectivity index (χ3n) is 5.79. The summed E-state index contributed by atoms with van der Waals surface area (Å²) in [6.07, 6.45) is 0.746. The van der Waals surface area contributed by atoms with Gasteiger partial charge < -0.3 is 0 Å². The Balaban J connectivity index is 1.79. The van der Waals surface area contributed by atoms with E-state index < -0.39 is 16.1 Å². The Morgan fingerprint density at radius 2 is 1.53 bits per heavy atom. The summed E-state index contributed by atoms with van der Waals surface area (Å²) < 4.78 is 27.8. The first kappa shape index (κ1) is 22.1. The molecule has 0 spiro atoms. The van der Waals surface area contributed by atoms with Crippen LogP contribution >= 0.6 is 0 Å². The molecule has 0 aromatic heterocycles. The molecule has 0 bridgehead atoms. The van der Waals surface area contributed by atoms with Crippen LogP contribution in [0.5, 0.6) is 0 Å². The van der Waals surface area contributed by atoms with Crippen LogP contribution in [0.3, 0.4) is 0 Å². The molecular weight excluding hydrogens is 420 g/mol. The van der Waals surface area contributed by atoms with E-state index >= 15 is 0 Å². The van der Waals surface area contributed by atoms with Gasteiger partial charge in [0.15, 0.2) is 0 Å². The van der Waals surface area contributed by atoms with Gasteiger partial charge in [0.1, 0.15) is 4.90 Å². The summed E-state index contributed by atoms with van der Waals surface area (Å²) in [4.78, 5) is 15.3. The molecular formula is C26H28N2O3S. The average Bonchev–Trinajstić information content (AvgIpc) is 2.76. The molecule has 0 aliphatic carbocycles. The van der Waals surface area contributed by atoms with E-state index in [9.17, 15) is 13.2 Å². The fourth-order valence-electron chi connectivity index (χ4n) is 3.91. The summed E-state index contributed by atoms with van der Waals surface area (Å²) in [6.45, 7) is 8.73. The quantitative estimate of drug-likeness (QED) is 0.501. The zero-order valence-electron chi connectivity index (χ0n) is 18.9. The molecule has 1 aliphatic rings. The Hall–Kier alpha value is -3.12. The number of para-hydroxylation sites is 1. The third kappa shape index (κ3) is 3.91. The van der Waals surface area contributed by atoms with Crippen molar-refractivity contribution in [3.63, 3.8) is 0 Å². The largest absolute Gasteiger partial charge is 0.343 e. The number of benzene rings is 3. The first-order chi connectivity index (χ1) is 15.1. The SMILES string of the molecule is CCc1cccc(N2C(=O)N(Cc3ccc(C(C)(C)C)cc3)c3ccccc3S2(=O)=O)c1. The van der Waals surface area contributed by atoms with Crippen molar-refractivity contribution in [2.24, 2.45) is 0 Å². The fraction of sp³-hybridized carbons (Fsp3) is 0.269. The first-order valence-corrected chi connectivity index (χ1v) is 12.2. The van der Waals surface area contributed by atoms with Crippen LogP contribution in [-0.4, -0.2) is 14.4 Å². The summed E-state index contributed by atoms with van der Waals surface area (Å²) in [5.41, 5.74) is 3.89. The van der Waals surface area contributed by atoms with Crippen molar-refractivity contribution in [2.75, 3.05) is 9.21 Å². The summed E-state index contributed by atoms with van der Waals surface area (Å²) in [5, 5.41) is 0. The Morgan fingerprint density at radius 3 is 2.19 bits per heavy atom. The van der Waals surface area contributed by atoms with Gasteiger partial charge >= 0.3 is 6.03 Å². The lowest BCUT2D eigenvalue weighted by Crippen LogP contribution is -2.50. The Labute approximate surface area is 190 Å². The lowest BCUT2D eigenvalue weighted by atomic mass is 9.87. The van der Waals surface area contributed by atoms with Gasteiger partial charge in [0.2, 0.25) is 0 Å². The number of carbonyl (C=O) groups is 1. The number of carbonyl (C=O) groups excluding carboxylic acids is 1. The summed E-state index contributed by atoms with van der Waals surface area (Å²) in [6, 6.07) is 21.4. The predicted molar refractivity (Wildman–Crippen MR) is 129 cm³/mol.